The van der Waals surface area contributed by atoms with E-state index in [1.54, 1.807) is 0 Å². The molecule has 0 fully saturated rings. The summed E-state index contributed by atoms with van der Waals surface area (Å²) in [6, 6.07) is -0.757. The average molecular weight is 1210 g/mol. The maximum atomic E-state index is 13.1. The maximum absolute atomic E-state index is 13.1. The van der Waals surface area contributed by atoms with Gasteiger partial charge in [-0.1, -0.05) is 406 Å². The van der Waals surface area contributed by atoms with Crippen LogP contribution in [0.4, 0.5) is 0 Å². The average Bonchev–Trinajstić information content (AvgIpc) is 3.56. The van der Waals surface area contributed by atoms with Gasteiger partial charge >= 0.3 is 7.82 Å². The van der Waals surface area contributed by atoms with Crippen LogP contribution in [0.1, 0.15) is 425 Å². The minimum atomic E-state index is -4.33. The number of quaternary nitrogens is 1. The van der Waals surface area contributed by atoms with Gasteiger partial charge in [0, 0.05) is 6.42 Å². The standard InChI is InChI=1S/C75H153N2O6P/c1-6-8-10-12-14-16-18-20-22-24-26-28-30-32-34-36-37-38-39-41-43-45-47-49-51-53-55-57-59-61-63-65-67-69-75(79)76-73(72-83-84(80,81)82-71-70-77(3,4)5)74(78)68-66-64-62-60-58-56-54-52-50-48-46-44-42-40-35-33-31-29-27-25-23-21-19-17-15-13-11-9-7-2/h73-74,78H,6-72H2,1-5H3,(H-,76,79,80,81)/p+1. The highest BCUT2D eigenvalue weighted by atomic mass is 31.2. The molecule has 0 aliphatic rings. The van der Waals surface area contributed by atoms with Crippen molar-refractivity contribution in [3.8, 4) is 0 Å². The van der Waals surface area contributed by atoms with Crippen LogP contribution in [0, 0.1) is 0 Å². The molecule has 0 rings (SSSR count). The molecule has 0 aliphatic heterocycles. The second-order valence-electron chi connectivity index (χ2n) is 28.1. The van der Waals surface area contributed by atoms with Gasteiger partial charge in [0.25, 0.3) is 0 Å². The number of hydrogen-bond donors (Lipinski definition) is 3. The summed E-state index contributed by atoms with van der Waals surface area (Å²) < 4.78 is 23.9. The fraction of sp³-hybridized carbons (Fsp3) is 0.987. The minimum Gasteiger partial charge on any atom is -0.391 e. The summed E-state index contributed by atoms with van der Waals surface area (Å²) in [7, 11) is 1.65. The Labute approximate surface area is 527 Å². The molecule has 0 aromatic heterocycles. The SMILES string of the molecule is CCCCCCCCCCCCCCCCCCCCCCCCCCCCCCCCCCCC(=O)NC(COP(=O)(O)OCC[N+](C)(C)C)C(O)CCCCCCCCCCCCCCCCCCCCCCCCCCCCCCC. The number of hydrogen-bond acceptors (Lipinski definition) is 5. The predicted molar refractivity (Wildman–Crippen MR) is 369 cm³/mol. The molecule has 3 unspecified atom stereocenters. The Bertz CT molecular complexity index is 1330. The van der Waals surface area contributed by atoms with Crippen molar-refractivity contribution < 1.29 is 32.9 Å². The van der Waals surface area contributed by atoms with Gasteiger partial charge < -0.3 is 19.8 Å². The summed E-state index contributed by atoms with van der Waals surface area (Å²) in [5.41, 5.74) is 0. The van der Waals surface area contributed by atoms with Gasteiger partial charge in [-0.05, 0) is 12.8 Å². The Morgan fingerprint density at radius 3 is 0.798 bits per heavy atom. The van der Waals surface area contributed by atoms with Gasteiger partial charge in [0.1, 0.15) is 13.2 Å². The molecule has 0 heterocycles. The van der Waals surface area contributed by atoms with Gasteiger partial charge in [-0.3, -0.25) is 13.8 Å². The third-order valence-electron chi connectivity index (χ3n) is 18.4. The monoisotopic (exact) mass is 1210 g/mol. The van der Waals surface area contributed by atoms with Gasteiger partial charge in [0.05, 0.1) is 39.9 Å². The van der Waals surface area contributed by atoms with Crippen LogP contribution < -0.4 is 5.32 Å². The van der Waals surface area contributed by atoms with Crippen LogP contribution in [-0.2, 0) is 18.4 Å². The van der Waals surface area contributed by atoms with Crippen molar-refractivity contribution in [3.05, 3.63) is 0 Å². The summed E-state index contributed by atoms with van der Waals surface area (Å²) >= 11 is 0. The number of aliphatic hydroxyl groups is 1. The molecule has 84 heavy (non-hydrogen) atoms. The molecule has 8 nitrogen and oxygen atoms in total. The summed E-state index contributed by atoms with van der Waals surface area (Å²) in [6.45, 7) is 4.98. The van der Waals surface area contributed by atoms with Crippen LogP contribution >= 0.6 is 7.82 Å². The zero-order chi connectivity index (χ0) is 61.2. The van der Waals surface area contributed by atoms with Crippen LogP contribution in [0.5, 0.6) is 0 Å². The van der Waals surface area contributed by atoms with Crippen molar-refractivity contribution in [2.24, 2.45) is 0 Å². The second kappa shape index (κ2) is 66.9. The molecule has 0 aliphatic carbocycles. The Morgan fingerprint density at radius 2 is 0.571 bits per heavy atom. The van der Waals surface area contributed by atoms with E-state index in [-0.39, 0.29) is 19.1 Å². The lowest BCUT2D eigenvalue weighted by Gasteiger charge is -2.26. The number of unbranched alkanes of at least 4 members (excludes halogenated alkanes) is 60. The molecular formula is C75H154N2O6P+. The maximum Gasteiger partial charge on any atom is 0.472 e. The zero-order valence-electron chi connectivity index (χ0n) is 58.0. The number of nitrogens with one attached hydrogen (secondary N) is 1. The zero-order valence-corrected chi connectivity index (χ0v) is 58.8. The number of amides is 1. The van der Waals surface area contributed by atoms with E-state index in [0.717, 1.165) is 38.5 Å². The van der Waals surface area contributed by atoms with Crippen molar-refractivity contribution >= 4 is 13.7 Å². The number of phosphoric acid groups is 1. The first kappa shape index (κ1) is 83.5. The van der Waals surface area contributed by atoms with E-state index in [0.29, 0.717) is 23.9 Å². The Balaban J connectivity index is 3.92. The highest BCUT2D eigenvalue weighted by Crippen LogP contribution is 2.43. The lowest BCUT2D eigenvalue weighted by atomic mass is 10.0. The second-order valence-corrected chi connectivity index (χ2v) is 29.6. The summed E-state index contributed by atoms with van der Waals surface area (Å²) in [6.07, 6.45) is 85.3. The lowest BCUT2D eigenvalue weighted by molar-refractivity contribution is -0.870. The number of nitrogens with zero attached hydrogens (tertiary/aromatic N) is 1. The molecule has 0 aromatic rings. The molecule has 3 N–H and O–H groups in total. The van der Waals surface area contributed by atoms with Gasteiger partial charge in [-0.15, -0.1) is 0 Å². The van der Waals surface area contributed by atoms with Crippen molar-refractivity contribution in [1.82, 2.24) is 5.32 Å². The van der Waals surface area contributed by atoms with E-state index in [1.807, 2.05) is 21.1 Å². The summed E-state index contributed by atoms with van der Waals surface area (Å²) in [4.78, 5) is 23.5. The van der Waals surface area contributed by atoms with Crippen LogP contribution in [0.3, 0.4) is 0 Å². The molecule has 0 saturated heterocycles. The minimum absolute atomic E-state index is 0.0796. The molecule has 0 aromatic carbocycles. The van der Waals surface area contributed by atoms with Crippen LogP contribution in [-0.4, -0.2) is 73.4 Å². The number of likely N-dealkylation sites (N-methyl/N-ethyl adjacent to an activating group) is 1. The lowest BCUT2D eigenvalue weighted by Crippen LogP contribution is -2.46. The molecule has 9 heteroatoms. The van der Waals surface area contributed by atoms with Crippen molar-refractivity contribution in [2.75, 3.05) is 40.9 Å². The Morgan fingerprint density at radius 1 is 0.357 bits per heavy atom. The molecule has 3 atom stereocenters. The Kier molecular flexibility index (Phi) is 66.5. The van der Waals surface area contributed by atoms with Crippen molar-refractivity contribution in [2.45, 2.75) is 437 Å². The van der Waals surface area contributed by atoms with Gasteiger partial charge in [-0.25, -0.2) is 4.57 Å². The van der Waals surface area contributed by atoms with E-state index >= 15 is 0 Å². The van der Waals surface area contributed by atoms with Crippen LogP contribution in [0.25, 0.3) is 0 Å². The summed E-state index contributed by atoms with van der Waals surface area (Å²) in [5.74, 6) is -0.132. The number of carbonyl (C=O) groups is 1. The molecule has 0 radical (unpaired) electrons. The van der Waals surface area contributed by atoms with Gasteiger partial charge in [0.2, 0.25) is 5.91 Å². The van der Waals surface area contributed by atoms with E-state index in [4.69, 9.17) is 9.05 Å². The fourth-order valence-electron chi connectivity index (χ4n) is 12.4. The first-order valence-corrected chi connectivity index (χ1v) is 39.9. The molecule has 1 amide bonds. The summed E-state index contributed by atoms with van der Waals surface area (Å²) in [5, 5.41) is 14.2. The topological polar surface area (TPSA) is 105 Å². The highest BCUT2D eigenvalue weighted by Gasteiger charge is 2.28. The van der Waals surface area contributed by atoms with Crippen molar-refractivity contribution in [3.63, 3.8) is 0 Å². The number of phosphoric ester groups is 1. The normalized spacial score (nSPS) is 13.5. The predicted octanol–water partition coefficient (Wildman–Crippen LogP) is 24.7. The molecule has 0 spiro atoms. The quantitative estimate of drug-likeness (QED) is 0.0318. The van der Waals surface area contributed by atoms with E-state index in [2.05, 4.69) is 19.2 Å². The van der Waals surface area contributed by atoms with E-state index < -0.39 is 20.0 Å². The molecular weight excluding hydrogens is 1060 g/mol. The third kappa shape index (κ3) is 69.0. The number of carbonyl (C=O) groups excluding carboxylic acids is 1. The smallest absolute Gasteiger partial charge is 0.391 e. The number of rotatable bonds is 73. The largest absolute Gasteiger partial charge is 0.472 e. The van der Waals surface area contributed by atoms with E-state index in [1.165, 1.54) is 360 Å². The van der Waals surface area contributed by atoms with E-state index in [9.17, 15) is 19.4 Å². The molecule has 0 bridgehead atoms. The molecule has 0 saturated carbocycles. The molecule has 504 valence electrons. The highest BCUT2D eigenvalue weighted by molar-refractivity contribution is 7.47. The fourth-order valence-corrected chi connectivity index (χ4v) is 13.1. The van der Waals surface area contributed by atoms with Gasteiger partial charge in [-0.2, -0.15) is 0 Å². The van der Waals surface area contributed by atoms with Crippen LogP contribution in [0.15, 0.2) is 0 Å². The Hall–Kier alpha value is -0.500. The van der Waals surface area contributed by atoms with Crippen LogP contribution in [0.2, 0.25) is 0 Å². The van der Waals surface area contributed by atoms with Gasteiger partial charge in [0.15, 0.2) is 0 Å². The number of aliphatic hydroxyl groups excluding tert-OH is 1. The first-order chi connectivity index (χ1) is 41.0. The first-order valence-electron chi connectivity index (χ1n) is 38.4. The van der Waals surface area contributed by atoms with Crippen molar-refractivity contribution in [1.29, 1.82) is 0 Å². The third-order valence-corrected chi connectivity index (χ3v) is 19.3.